The van der Waals surface area contributed by atoms with Gasteiger partial charge in [0, 0.05) is 37.8 Å². The number of nitrogens with one attached hydrogen (secondary N) is 1. The molecule has 0 saturated heterocycles. The maximum Gasteiger partial charge on any atom is 0.258 e. The first-order valence-corrected chi connectivity index (χ1v) is 10.0. The molecule has 0 atom stereocenters. The minimum atomic E-state index is -0.104. The number of amides is 1. The molecule has 0 saturated carbocycles. The summed E-state index contributed by atoms with van der Waals surface area (Å²) in [5.41, 5.74) is 10.5. The number of hydrogen-bond donors (Lipinski definition) is 2. The predicted molar refractivity (Wildman–Crippen MR) is 130 cm³/mol. The number of carbonyl (C=O) groups is 1. The normalized spacial score (nSPS) is 10.6. The Kier molecular flexibility index (Phi) is 6.90. The summed E-state index contributed by atoms with van der Waals surface area (Å²) >= 11 is 0. The summed E-state index contributed by atoms with van der Waals surface area (Å²) in [5, 5.41) is 7.49. The first-order valence-electron chi connectivity index (χ1n) is 10.0. The number of hydrogen-bond acceptors (Lipinski definition) is 4. The number of halogens is 1. The molecule has 0 bridgehead atoms. The molecule has 0 aliphatic carbocycles. The van der Waals surface area contributed by atoms with Crippen molar-refractivity contribution in [3.8, 4) is 0 Å². The third kappa shape index (κ3) is 4.63. The summed E-state index contributed by atoms with van der Waals surface area (Å²) in [5.74, 6) is 0.921. The molecule has 0 aliphatic rings. The van der Waals surface area contributed by atoms with Crippen LogP contribution in [0.3, 0.4) is 0 Å². The third-order valence-corrected chi connectivity index (χ3v) is 5.46. The van der Waals surface area contributed by atoms with E-state index in [4.69, 9.17) is 16.1 Å². The lowest BCUT2D eigenvalue weighted by molar-refractivity contribution is 0.0993. The highest BCUT2D eigenvalue weighted by molar-refractivity contribution is 6.07. The van der Waals surface area contributed by atoms with Crippen LogP contribution in [-0.2, 0) is 19.9 Å². The van der Waals surface area contributed by atoms with Crippen molar-refractivity contribution in [1.82, 2.24) is 14.5 Å². The number of nitrogens with two attached hydrogens (primary N) is 1. The number of amidine groups is 1. The highest BCUT2D eigenvalue weighted by atomic mass is 35.5. The number of aryl methyl sites for hydroxylation is 3. The second kappa shape index (κ2) is 9.62. The molecule has 2 aromatic carbocycles. The minimum Gasteiger partial charge on any atom is -0.384 e. The Balaban J connectivity index is 0.00000289. The molecule has 32 heavy (non-hydrogen) atoms. The Hall–Kier alpha value is -3.71. The van der Waals surface area contributed by atoms with Crippen LogP contribution in [0.25, 0.3) is 11.0 Å². The zero-order valence-electron chi connectivity index (χ0n) is 17.9. The summed E-state index contributed by atoms with van der Waals surface area (Å²) in [6, 6.07) is 17.0. The van der Waals surface area contributed by atoms with Gasteiger partial charge in [0.1, 0.15) is 11.7 Å². The lowest BCUT2D eigenvalue weighted by Crippen LogP contribution is -2.26. The Bertz CT molecular complexity index is 1250. The zero-order chi connectivity index (χ0) is 22.0. The zero-order valence-corrected chi connectivity index (χ0v) is 18.8. The van der Waals surface area contributed by atoms with Crippen LogP contribution >= 0.6 is 12.4 Å². The topological polar surface area (TPSA) is 101 Å². The standard InChI is InChI=1S/C24H24N6O.ClH/c1-29(19-4-3-13-27-15-19)24(31)18-10-11-21-20(14-18)28-22(30(21)2)12-7-16-5-8-17(9-6-16)23(25)26;/h3-6,8-11,13-15H,7,12H2,1-2H3,(H3,25,26);1H. The van der Waals surface area contributed by atoms with Crippen molar-refractivity contribution in [3.05, 3.63) is 89.5 Å². The molecule has 2 aromatic heterocycles. The van der Waals surface area contributed by atoms with Crippen molar-refractivity contribution in [2.75, 3.05) is 11.9 Å². The van der Waals surface area contributed by atoms with Crippen LogP contribution < -0.4 is 10.6 Å². The summed E-state index contributed by atoms with van der Waals surface area (Å²) in [4.78, 5) is 23.3. The molecular formula is C24H25ClN6O. The number of imidazole rings is 1. The summed E-state index contributed by atoms with van der Waals surface area (Å²) in [6.45, 7) is 0. The van der Waals surface area contributed by atoms with Crippen LogP contribution in [0.15, 0.2) is 67.0 Å². The molecule has 0 fully saturated rings. The van der Waals surface area contributed by atoms with E-state index in [-0.39, 0.29) is 24.1 Å². The fourth-order valence-electron chi connectivity index (χ4n) is 3.58. The second-order valence-electron chi connectivity index (χ2n) is 7.48. The van der Waals surface area contributed by atoms with E-state index in [1.54, 1.807) is 30.4 Å². The van der Waals surface area contributed by atoms with Crippen molar-refractivity contribution >= 4 is 40.9 Å². The maximum atomic E-state index is 12.9. The average Bonchev–Trinajstić information content (AvgIpc) is 3.12. The SMILES string of the molecule is CN(C(=O)c1ccc2c(c1)nc(CCc1ccc(C(=N)N)cc1)n2C)c1cccnc1.Cl. The Morgan fingerprint density at radius 2 is 1.81 bits per heavy atom. The van der Waals surface area contributed by atoms with Gasteiger partial charge in [0.25, 0.3) is 5.91 Å². The van der Waals surface area contributed by atoms with Gasteiger partial charge < -0.3 is 15.2 Å². The van der Waals surface area contributed by atoms with Gasteiger partial charge in [-0.3, -0.25) is 15.2 Å². The predicted octanol–water partition coefficient (Wildman–Crippen LogP) is 3.74. The van der Waals surface area contributed by atoms with E-state index in [1.165, 1.54) is 0 Å². The average molecular weight is 449 g/mol. The van der Waals surface area contributed by atoms with Gasteiger partial charge in [-0.15, -0.1) is 12.4 Å². The molecular weight excluding hydrogens is 424 g/mol. The van der Waals surface area contributed by atoms with Crippen LogP contribution in [0.2, 0.25) is 0 Å². The number of anilines is 1. The summed E-state index contributed by atoms with van der Waals surface area (Å²) in [7, 11) is 3.73. The molecule has 1 amide bonds. The molecule has 3 N–H and O–H groups in total. The van der Waals surface area contributed by atoms with Crippen molar-refractivity contribution in [2.24, 2.45) is 12.8 Å². The smallest absolute Gasteiger partial charge is 0.258 e. The molecule has 0 aliphatic heterocycles. The summed E-state index contributed by atoms with van der Waals surface area (Å²) in [6.07, 6.45) is 4.94. The molecule has 4 aromatic rings. The van der Waals surface area contributed by atoms with Gasteiger partial charge >= 0.3 is 0 Å². The Morgan fingerprint density at radius 1 is 1.09 bits per heavy atom. The van der Waals surface area contributed by atoms with Gasteiger partial charge in [-0.25, -0.2) is 4.98 Å². The Morgan fingerprint density at radius 3 is 2.47 bits per heavy atom. The number of aromatic nitrogens is 3. The van der Waals surface area contributed by atoms with Crippen molar-refractivity contribution < 1.29 is 4.79 Å². The first-order chi connectivity index (χ1) is 14.9. The minimum absolute atomic E-state index is 0. The van der Waals surface area contributed by atoms with Crippen LogP contribution in [0.4, 0.5) is 5.69 Å². The highest BCUT2D eigenvalue weighted by Gasteiger charge is 2.16. The van der Waals surface area contributed by atoms with Crippen LogP contribution in [0.1, 0.15) is 27.3 Å². The Labute approximate surface area is 192 Å². The van der Waals surface area contributed by atoms with Gasteiger partial charge in [-0.2, -0.15) is 0 Å². The van der Waals surface area contributed by atoms with Crippen molar-refractivity contribution in [1.29, 1.82) is 5.41 Å². The quantitative estimate of drug-likeness (QED) is 0.346. The summed E-state index contributed by atoms with van der Waals surface area (Å²) < 4.78 is 2.07. The van der Waals surface area contributed by atoms with E-state index in [1.807, 2.05) is 55.6 Å². The molecule has 0 radical (unpaired) electrons. The largest absolute Gasteiger partial charge is 0.384 e. The number of nitrogens with zero attached hydrogens (tertiary/aromatic N) is 4. The second-order valence-corrected chi connectivity index (χ2v) is 7.48. The van der Waals surface area contributed by atoms with E-state index >= 15 is 0 Å². The molecule has 164 valence electrons. The van der Waals surface area contributed by atoms with Crippen LogP contribution in [0, 0.1) is 5.41 Å². The lowest BCUT2D eigenvalue weighted by atomic mass is 10.1. The third-order valence-electron chi connectivity index (χ3n) is 5.46. The van der Waals surface area contributed by atoms with E-state index in [0.29, 0.717) is 5.56 Å². The van der Waals surface area contributed by atoms with Crippen molar-refractivity contribution in [2.45, 2.75) is 12.8 Å². The maximum absolute atomic E-state index is 12.9. The lowest BCUT2D eigenvalue weighted by Gasteiger charge is -2.16. The first kappa shape index (κ1) is 23.0. The van der Waals surface area contributed by atoms with Crippen LogP contribution in [0.5, 0.6) is 0 Å². The number of carbonyl (C=O) groups excluding carboxylic acids is 1. The number of fused-ring (bicyclic) bond motifs is 1. The number of nitrogen functional groups attached to an aromatic ring is 1. The fraction of sp³-hybridized carbons (Fsp3) is 0.167. The van der Waals surface area contributed by atoms with Gasteiger partial charge in [0.05, 0.1) is 22.9 Å². The molecule has 7 nitrogen and oxygen atoms in total. The number of benzene rings is 2. The molecule has 4 rings (SSSR count). The van der Waals surface area contributed by atoms with Gasteiger partial charge in [0.15, 0.2) is 0 Å². The molecule has 0 unspecified atom stereocenters. The van der Waals surface area contributed by atoms with Crippen molar-refractivity contribution in [3.63, 3.8) is 0 Å². The van der Waals surface area contributed by atoms with Gasteiger partial charge in [-0.1, -0.05) is 24.3 Å². The van der Waals surface area contributed by atoms with E-state index in [0.717, 1.165) is 46.5 Å². The fourth-order valence-corrected chi connectivity index (χ4v) is 3.58. The number of rotatable bonds is 6. The monoisotopic (exact) mass is 448 g/mol. The van der Waals surface area contributed by atoms with E-state index < -0.39 is 0 Å². The molecule has 2 heterocycles. The molecule has 0 spiro atoms. The van der Waals surface area contributed by atoms with E-state index in [9.17, 15) is 4.79 Å². The van der Waals surface area contributed by atoms with Gasteiger partial charge in [-0.05, 0) is 42.3 Å². The number of pyridine rings is 1. The van der Waals surface area contributed by atoms with Gasteiger partial charge in [0.2, 0.25) is 0 Å². The van der Waals surface area contributed by atoms with Crippen LogP contribution in [-0.4, -0.2) is 33.3 Å². The molecule has 8 heteroatoms. The van der Waals surface area contributed by atoms with E-state index in [2.05, 4.69) is 9.55 Å². The highest BCUT2D eigenvalue weighted by Crippen LogP contribution is 2.21.